The lowest BCUT2D eigenvalue weighted by Crippen LogP contribution is -2.13. The van der Waals surface area contributed by atoms with E-state index >= 15 is 0 Å². The maximum absolute atomic E-state index is 13.4. The van der Waals surface area contributed by atoms with Crippen molar-refractivity contribution in [1.82, 2.24) is 15.1 Å². The summed E-state index contributed by atoms with van der Waals surface area (Å²) in [6, 6.07) is 38.4. The van der Waals surface area contributed by atoms with Gasteiger partial charge in [-0.05, 0) is 60.7 Å². The smallest absolute Gasteiger partial charge is 0.256 e. The van der Waals surface area contributed by atoms with Crippen LogP contribution >= 0.6 is 11.6 Å². The third-order valence-corrected chi connectivity index (χ3v) is 7.54. The number of hydrogen-bond donors (Lipinski definition) is 2. The molecule has 0 aliphatic rings. The first-order valence-electron chi connectivity index (χ1n) is 13.9. The molecule has 8 heteroatoms. The summed E-state index contributed by atoms with van der Waals surface area (Å²) >= 11 is 5.99. The van der Waals surface area contributed by atoms with Gasteiger partial charge in [0.05, 0.1) is 16.6 Å². The summed E-state index contributed by atoms with van der Waals surface area (Å²) < 4.78 is 5.52. The molecule has 0 fully saturated rings. The van der Waals surface area contributed by atoms with E-state index in [2.05, 4.69) is 15.5 Å². The number of benzene rings is 5. The van der Waals surface area contributed by atoms with Gasteiger partial charge in [0.25, 0.3) is 5.91 Å². The molecular weight excluding hydrogens is 572 g/mol. The lowest BCUT2D eigenvalue weighted by atomic mass is 10.0. The van der Waals surface area contributed by atoms with Crippen molar-refractivity contribution in [2.24, 2.45) is 0 Å². The Kier molecular flexibility index (Phi) is 7.06. The number of amides is 1. The van der Waals surface area contributed by atoms with E-state index in [0.717, 1.165) is 16.6 Å². The lowest BCUT2D eigenvalue weighted by Gasteiger charge is -2.09. The highest BCUT2D eigenvalue weighted by molar-refractivity contribution is 6.30. The molecule has 7 aromatic rings. The number of aromatic amines is 1. The van der Waals surface area contributed by atoms with Crippen molar-refractivity contribution in [3.05, 3.63) is 149 Å². The van der Waals surface area contributed by atoms with E-state index in [1.165, 1.54) is 0 Å². The minimum absolute atomic E-state index is 0.0756. The number of halogens is 1. The molecule has 7 nitrogen and oxygen atoms in total. The number of nitrogens with one attached hydrogen (secondary N) is 2. The molecular formula is C36H23ClN4O3. The van der Waals surface area contributed by atoms with Gasteiger partial charge in [0, 0.05) is 44.6 Å². The predicted octanol–water partition coefficient (Wildman–Crippen LogP) is 8.69. The predicted molar refractivity (Wildman–Crippen MR) is 172 cm³/mol. The molecule has 2 heterocycles. The second kappa shape index (κ2) is 11.5. The zero-order chi connectivity index (χ0) is 30.0. The molecule has 5 aromatic carbocycles. The van der Waals surface area contributed by atoms with Crippen LogP contribution in [0.15, 0.2) is 132 Å². The van der Waals surface area contributed by atoms with Crippen LogP contribution in [0.5, 0.6) is 0 Å². The monoisotopic (exact) mass is 594 g/mol. The summed E-state index contributed by atoms with van der Waals surface area (Å²) in [5, 5.41) is 7.82. The van der Waals surface area contributed by atoms with E-state index in [1.807, 2.05) is 84.9 Å². The van der Waals surface area contributed by atoms with E-state index in [4.69, 9.17) is 21.1 Å². The maximum atomic E-state index is 13.4. The minimum atomic E-state index is -0.278. The Morgan fingerprint density at radius 1 is 0.727 bits per heavy atom. The number of carbonyl (C=O) groups is 2. The number of ketones is 1. The number of rotatable bonds is 7. The summed E-state index contributed by atoms with van der Waals surface area (Å²) in [7, 11) is 0. The van der Waals surface area contributed by atoms with Gasteiger partial charge >= 0.3 is 0 Å². The van der Waals surface area contributed by atoms with E-state index in [1.54, 1.807) is 42.5 Å². The van der Waals surface area contributed by atoms with Crippen LogP contribution in [0, 0.1) is 0 Å². The Morgan fingerprint density at radius 2 is 1.45 bits per heavy atom. The first kappa shape index (κ1) is 27.1. The quantitative estimate of drug-likeness (QED) is 0.180. The third-order valence-electron chi connectivity index (χ3n) is 7.29. The molecule has 0 atom stereocenters. The van der Waals surface area contributed by atoms with E-state index < -0.39 is 0 Å². The van der Waals surface area contributed by atoms with Crippen molar-refractivity contribution in [2.45, 2.75) is 0 Å². The topological polar surface area (TPSA) is 101 Å². The van der Waals surface area contributed by atoms with Gasteiger partial charge in [-0.25, -0.2) is 4.98 Å². The van der Waals surface area contributed by atoms with Crippen LogP contribution in [0.4, 0.5) is 5.69 Å². The summed E-state index contributed by atoms with van der Waals surface area (Å²) in [5.74, 6) is 0.816. The Balaban J connectivity index is 1.10. The average Bonchev–Trinajstić information content (AvgIpc) is 3.73. The van der Waals surface area contributed by atoms with Crippen molar-refractivity contribution in [2.75, 3.05) is 5.32 Å². The molecule has 1 amide bonds. The summed E-state index contributed by atoms with van der Waals surface area (Å²) in [6.07, 6.45) is 0. The molecule has 0 saturated heterocycles. The molecule has 0 bridgehead atoms. The van der Waals surface area contributed by atoms with Gasteiger partial charge in [-0.2, -0.15) is 0 Å². The first-order valence-corrected chi connectivity index (χ1v) is 14.2. The number of H-pyrrole nitrogens is 1. The zero-order valence-electron chi connectivity index (χ0n) is 23.1. The van der Waals surface area contributed by atoms with Crippen LogP contribution in [-0.2, 0) is 0 Å². The third kappa shape index (κ3) is 5.40. The van der Waals surface area contributed by atoms with Gasteiger partial charge < -0.3 is 14.8 Å². The number of hydrogen-bond acceptors (Lipinski definition) is 5. The Hall–Kier alpha value is -5.79. The van der Waals surface area contributed by atoms with Gasteiger partial charge in [0.2, 0.25) is 0 Å². The van der Waals surface area contributed by atoms with Crippen molar-refractivity contribution in [3.8, 4) is 34.0 Å². The summed E-state index contributed by atoms with van der Waals surface area (Å²) in [5.41, 5.74) is 6.69. The van der Waals surface area contributed by atoms with Crippen LogP contribution < -0.4 is 5.32 Å². The van der Waals surface area contributed by atoms with E-state index in [-0.39, 0.29) is 11.7 Å². The molecule has 7 rings (SSSR count). The fraction of sp³-hybridized carbons (Fsp3) is 0. The maximum Gasteiger partial charge on any atom is 0.256 e. The highest BCUT2D eigenvalue weighted by Gasteiger charge is 2.17. The standard InChI is InChI=1S/C36H23ClN4O3/c37-26-15-10-23(11-16-26)33-21-31(41-44-33)22-12-17-27(18-13-22)38-36(43)29-9-5-4-8-28(29)35-39-30-19-14-25(20-32(30)40-35)34(42)24-6-2-1-3-7-24/h1-21H,(H,38,43)(H,39,40). The molecule has 2 N–H and O–H groups in total. The van der Waals surface area contributed by atoms with Gasteiger partial charge in [0.1, 0.15) is 11.5 Å². The molecule has 44 heavy (non-hydrogen) atoms. The summed E-state index contributed by atoms with van der Waals surface area (Å²) in [4.78, 5) is 34.4. The number of imidazole rings is 1. The fourth-order valence-electron chi connectivity index (χ4n) is 5.00. The second-order valence-corrected chi connectivity index (χ2v) is 10.6. The molecule has 0 aliphatic carbocycles. The van der Waals surface area contributed by atoms with Crippen LogP contribution in [-0.4, -0.2) is 26.8 Å². The van der Waals surface area contributed by atoms with Crippen LogP contribution in [0.25, 0.3) is 45.0 Å². The number of fused-ring (bicyclic) bond motifs is 1. The molecule has 0 saturated carbocycles. The number of nitrogens with zero attached hydrogens (tertiary/aromatic N) is 2. The molecule has 0 spiro atoms. The second-order valence-electron chi connectivity index (χ2n) is 10.2. The van der Waals surface area contributed by atoms with Crippen molar-refractivity contribution in [3.63, 3.8) is 0 Å². The highest BCUT2D eigenvalue weighted by Crippen LogP contribution is 2.29. The fourth-order valence-corrected chi connectivity index (χ4v) is 5.13. The lowest BCUT2D eigenvalue weighted by molar-refractivity contribution is 0.102. The van der Waals surface area contributed by atoms with Gasteiger partial charge in [-0.1, -0.05) is 77.4 Å². The zero-order valence-corrected chi connectivity index (χ0v) is 23.9. The minimum Gasteiger partial charge on any atom is -0.356 e. The molecule has 0 radical (unpaired) electrons. The van der Waals surface area contributed by atoms with Crippen molar-refractivity contribution in [1.29, 1.82) is 0 Å². The average molecular weight is 595 g/mol. The Bertz CT molecular complexity index is 2130. The largest absolute Gasteiger partial charge is 0.356 e. The van der Waals surface area contributed by atoms with Gasteiger partial charge in [0.15, 0.2) is 11.5 Å². The molecule has 2 aromatic heterocycles. The molecule has 212 valence electrons. The number of anilines is 1. The highest BCUT2D eigenvalue weighted by atomic mass is 35.5. The van der Waals surface area contributed by atoms with E-state index in [0.29, 0.717) is 55.8 Å². The van der Waals surface area contributed by atoms with Crippen LogP contribution in [0.3, 0.4) is 0 Å². The number of carbonyl (C=O) groups excluding carboxylic acids is 2. The van der Waals surface area contributed by atoms with E-state index in [9.17, 15) is 9.59 Å². The molecule has 0 unspecified atom stereocenters. The van der Waals surface area contributed by atoms with Crippen LogP contribution in [0.1, 0.15) is 26.3 Å². The van der Waals surface area contributed by atoms with Crippen molar-refractivity contribution < 1.29 is 14.1 Å². The number of aromatic nitrogens is 3. The SMILES string of the molecule is O=C(c1ccccc1)c1ccc2[nH]c(-c3ccccc3C(=O)Nc3ccc(-c4cc(-c5ccc(Cl)cc5)on4)cc3)nc2c1. The van der Waals surface area contributed by atoms with Crippen molar-refractivity contribution >= 4 is 40.0 Å². The Labute approximate surface area is 257 Å². The van der Waals surface area contributed by atoms with Crippen LogP contribution in [0.2, 0.25) is 5.02 Å². The first-order chi connectivity index (χ1) is 21.5. The molecule has 0 aliphatic heterocycles. The normalized spacial score (nSPS) is 11.0. The van der Waals surface area contributed by atoms with Gasteiger partial charge in [-0.3, -0.25) is 9.59 Å². The Morgan fingerprint density at radius 3 is 2.25 bits per heavy atom. The summed E-state index contributed by atoms with van der Waals surface area (Å²) in [6.45, 7) is 0. The van der Waals surface area contributed by atoms with Gasteiger partial charge in [-0.15, -0.1) is 0 Å².